The third-order valence-electron chi connectivity index (χ3n) is 2.10. The number of amides is 1. The summed E-state index contributed by atoms with van der Waals surface area (Å²) in [6, 6.07) is -1.14. The van der Waals surface area contributed by atoms with Crippen LogP contribution in [0.4, 0.5) is 4.79 Å². The summed E-state index contributed by atoms with van der Waals surface area (Å²) >= 11 is 0. The number of likely N-dealkylation sites (N-methyl/N-ethyl adjacent to an activating group) is 1. The Bertz CT molecular complexity index is 337. The third-order valence-corrected chi connectivity index (χ3v) is 2.91. The molecule has 2 atom stereocenters. The van der Waals surface area contributed by atoms with Crippen molar-refractivity contribution >= 4 is 22.9 Å². The smallest absolute Gasteiger partial charge is 0.410 e. The van der Waals surface area contributed by atoms with E-state index in [2.05, 4.69) is 0 Å². The number of hydrogen-bond donors (Lipinski definition) is 0. The van der Waals surface area contributed by atoms with Crippen LogP contribution in [0.15, 0.2) is 0 Å². The molecule has 6 nitrogen and oxygen atoms in total. The van der Waals surface area contributed by atoms with E-state index in [1.165, 1.54) is 13.3 Å². The van der Waals surface area contributed by atoms with Crippen LogP contribution in [0.2, 0.25) is 0 Å². The summed E-state index contributed by atoms with van der Waals surface area (Å²) in [4.78, 5) is 23.6. The molecule has 0 aromatic carbocycles. The van der Waals surface area contributed by atoms with Crippen LogP contribution in [-0.4, -0.2) is 51.9 Å². The van der Waals surface area contributed by atoms with Crippen LogP contribution in [0.3, 0.4) is 0 Å². The molecule has 7 heteroatoms. The predicted molar refractivity (Wildman–Crippen MR) is 66.3 cm³/mol. The molecule has 0 aromatic rings. The van der Waals surface area contributed by atoms with Gasteiger partial charge in [-0.3, -0.25) is 4.21 Å². The van der Waals surface area contributed by atoms with Crippen molar-refractivity contribution < 1.29 is 23.6 Å². The van der Waals surface area contributed by atoms with E-state index in [9.17, 15) is 18.9 Å². The maximum atomic E-state index is 11.7. The molecule has 0 aliphatic carbocycles. The van der Waals surface area contributed by atoms with E-state index in [1.54, 1.807) is 20.8 Å². The second-order valence-electron chi connectivity index (χ2n) is 4.99. The Labute approximate surface area is 110 Å². The summed E-state index contributed by atoms with van der Waals surface area (Å²) in [6.07, 6.45) is 0.805. The van der Waals surface area contributed by atoms with E-state index in [0.29, 0.717) is 0 Å². The molecule has 106 valence electrons. The first kappa shape index (κ1) is 16.9. The van der Waals surface area contributed by atoms with Crippen molar-refractivity contribution in [2.45, 2.75) is 38.8 Å². The van der Waals surface area contributed by atoms with E-state index in [1.807, 2.05) is 0 Å². The molecule has 0 rings (SSSR count). The average molecular weight is 278 g/mol. The van der Waals surface area contributed by atoms with Crippen LogP contribution in [0.5, 0.6) is 0 Å². The van der Waals surface area contributed by atoms with Gasteiger partial charge in [-0.1, -0.05) is 0 Å². The van der Waals surface area contributed by atoms with Gasteiger partial charge in [-0.2, -0.15) is 0 Å². The monoisotopic (exact) mass is 278 g/mol. The highest BCUT2D eigenvalue weighted by atomic mass is 32.2. The van der Waals surface area contributed by atoms with Crippen LogP contribution < -0.4 is 5.11 Å². The molecule has 0 radical (unpaired) electrons. The molecular formula is C11H20NO5S-. The van der Waals surface area contributed by atoms with E-state index in [4.69, 9.17) is 4.74 Å². The van der Waals surface area contributed by atoms with Gasteiger partial charge in [-0.25, -0.2) is 4.79 Å². The molecule has 0 unspecified atom stereocenters. The molecule has 0 fully saturated rings. The molecule has 1 amide bonds. The summed E-state index contributed by atoms with van der Waals surface area (Å²) in [5.41, 5.74) is -0.699. The topological polar surface area (TPSA) is 86.7 Å². The number of carbonyl (C=O) groups is 2. The Balaban J connectivity index is 4.65. The lowest BCUT2D eigenvalue weighted by molar-refractivity contribution is -0.311. The van der Waals surface area contributed by atoms with Gasteiger partial charge < -0.3 is 19.5 Å². The first-order valence-corrected chi connectivity index (χ1v) is 7.24. The minimum absolute atomic E-state index is 0.0706. The normalized spacial score (nSPS) is 14.7. The number of carboxylic acids is 1. The Kier molecular flexibility index (Phi) is 6.31. The summed E-state index contributed by atoms with van der Waals surface area (Å²) in [5.74, 6) is -1.19. The fraction of sp³-hybridized carbons (Fsp3) is 0.818. The Hall–Kier alpha value is -1.11. The standard InChI is InChI=1S/C11H21NO5S/c1-11(2,3)17-10(15)12(4)8(9(13)14)6-7-18(5)16/h8H,6-7H2,1-5H3,(H,13,14)/p-1/t8-,18-/m1/s1. The van der Waals surface area contributed by atoms with Crippen molar-refractivity contribution in [3.63, 3.8) is 0 Å². The Morgan fingerprint density at radius 1 is 1.39 bits per heavy atom. The van der Waals surface area contributed by atoms with Crippen molar-refractivity contribution in [3.05, 3.63) is 0 Å². The van der Waals surface area contributed by atoms with Gasteiger partial charge >= 0.3 is 6.09 Å². The SMILES string of the molecule is CN(C(=O)OC(C)(C)C)[C@H](CC[S@@](C)=O)C(=O)[O-]. The fourth-order valence-electron chi connectivity index (χ4n) is 1.21. The van der Waals surface area contributed by atoms with Crippen molar-refractivity contribution in [3.8, 4) is 0 Å². The Morgan fingerprint density at radius 3 is 2.22 bits per heavy atom. The van der Waals surface area contributed by atoms with Crippen LogP contribution in [-0.2, 0) is 20.3 Å². The second-order valence-corrected chi connectivity index (χ2v) is 6.55. The molecular weight excluding hydrogens is 258 g/mol. The van der Waals surface area contributed by atoms with Gasteiger partial charge in [0.15, 0.2) is 0 Å². The fourth-order valence-corrected chi connectivity index (χ4v) is 1.76. The van der Waals surface area contributed by atoms with Gasteiger partial charge in [-0.05, 0) is 27.2 Å². The molecule has 18 heavy (non-hydrogen) atoms. The molecule has 0 bridgehead atoms. The molecule has 0 spiro atoms. The zero-order valence-corrected chi connectivity index (χ0v) is 12.2. The molecule has 0 saturated carbocycles. The van der Waals surface area contributed by atoms with Crippen molar-refractivity contribution in [2.24, 2.45) is 0 Å². The van der Waals surface area contributed by atoms with Crippen molar-refractivity contribution in [2.75, 3.05) is 19.1 Å². The van der Waals surface area contributed by atoms with Crippen LogP contribution in [0, 0.1) is 0 Å². The number of nitrogens with zero attached hydrogens (tertiary/aromatic N) is 1. The molecule has 0 heterocycles. The quantitative estimate of drug-likeness (QED) is 0.691. The highest BCUT2D eigenvalue weighted by Crippen LogP contribution is 2.12. The highest BCUT2D eigenvalue weighted by molar-refractivity contribution is 7.84. The summed E-state index contributed by atoms with van der Waals surface area (Å²) in [6.45, 7) is 5.07. The predicted octanol–water partition coefficient (Wildman–Crippen LogP) is -0.260. The van der Waals surface area contributed by atoms with E-state index in [-0.39, 0.29) is 12.2 Å². The van der Waals surface area contributed by atoms with Gasteiger partial charge in [0.25, 0.3) is 0 Å². The minimum atomic E-state index is -1.38. The molecule has 0 aliphatic heterocycles. The number of carboxylic acid groups (broad SMARTS) is 1. The largest absolute Gasteiger partial charge is 0.548 e. The Morgan fingerprint density at radius 2 is 1.89 bits per heavy atom. The van der Waals surface area contributed by atoms with Crippen LogP contribution >= 0.6 is 0 Å². The molecule has 0 aliphatic rings. The highest BCUT2D eigenvalue weighted by Gasteiger charge is 2.26. The third kappa shape index (κ3) is 6.58. The molecule has 0 aromatic heterocycles. The van der Waals surface area contributed by atoms with Gasteiger partial charge in [0.05, 0.1) is 12.0 Å². The first-order chi connectivity index (χ1) is 8.04. The maximum Gasteiger partial charge on any atom is 0.410 e. The first-order valence-electron chi connectivity index (χ1n) is 5.51. The summed E-state index contributed by atoms with van der Waals surface area (Å²) in [5, 5.41) is 11.0. The number of carbonyl (C=O) groups excluding carboxylic acids is 2. The zero-order valence-electron chi connectivity index (χ0n) is 11.4. The van der Waals surface area contributed by atoms with Gasteiger partial charge in [-0.15, -0.1) is 0 Å². The van der Waals surface area contributed by atoms with Gasteiger partial charge in [0.1, 0.15) is 5.60 Å². The number of aliphatic carboxylic acids is 1. The summed E-state index contributed by atoms with van der Waals surface area (Å²) < 4.78 is 16.0. The lowest BCUT2D eigenvalue weighted by Gasteiger charge is -2.31. The van der Waals surface area contributed by atoms with E-state index < -0.39 is 34.5 Å². The molecule has 0 N–H and O–H groups in total. The van der Waals surface area contributed by atoms with Crippen LogP contribution in [0.1, 0.15) is 27.2 Å². The maximum absolute atomic E-state index is 11.7. The lowest BCUT2D eigenvalue weighted by atomic mass is 10.2. The average Bonchev–Trinajstić information content (AvgIpc) is 2.13. The van der Waals surface area contributed by atoms with E-state index in [0.717, 1.165) is 4.90 Å². The number of hydrogen-bond acceptors (Lipinski definition) is 5. The zero-order chi connectivity index (χ0) is 14.5. The lowest BCUT2D eigenvalue weighted by Crippen LogP contribution is -2.50. The van der Waals surface area contributed by atoms with Crippen molar-refractivity contribution in [1.82, 2.24) is 4.90 Å². The van der Waals surface area contributed by atoms with Crippen molar-refractivity contribution in [1.29, 1.82) is 0 Å². The second kappa shape index (κ2) is 6.72. The molecule has 0 saturated heterocycles. The van der Waals surface area contributed by atoms with Crippen LogP contribution in [0.25, 0.3) is 0 Å². The van der Waals surface area contributed by atoms with Gasteiger partial charge in [0, 0.05) is 29.9 Å². The van der Waals surface area contributed by atoms with Gasteiger partial charge in [0.2, 0.25) is 0 Å². The van der Waals surface area contributed by atoms with E-state index >= 15 is 0 Å². The number of ether oxygens (including phenoxy) is 1. The minimum Gasteiger partial charge on any atom is -0.548 e. The number of rotatable bonds is 5. The summed E-state index contributed by atoms with van der Waals surface area (Å²) in [7, 11) is 0.205.